The number of aliphatic carboxylic acids is 3. The first-order valence-electron chi connectivity index (χ1n) is 13.2. The molecule has 0 saturated carbocycles. The summed E-state index contributed by atoms with van der Waals surface area (Å²) in [5.74, 6) is -8.19. The number of carbonyl (C=O) groups excluding carboxylic acids is 1. The molecule has 4 rings (SSSR count). The van der Waals surface area contributed by atoms with E-state index in [0.717, 1.165) is 13.0 Å². The number of aryl methyl sites for hydroxylation is 1. The molecule has 0 amide bonds. The molecule has 0 spiro atoms. The molecule has 2 heterocycles. The maximum Gasteiger partial charge on any atom is 0.303 e. The molecule has 1 aromatic heterocycles. The van der Waals surface area contributed by atoms with Crippen LogP contribution in [0, 0.1) is 30.5 Å². The molecule has 3 aromatic rings. The molecule has 43 heavy (non-hydrogen) atoms. The van der Waals surface area contributed by atoms with Gasteiger partial charge in [0.2, 0.25) is 6.29 Å². The van der Waals surface area contributed by atoms with Gasteiger partial charge in [-0.2, -0.15) is 0 Å². The lowest BCUT2D eigenvalue weighted by Crippen LogP contribution is -2.53. The third-order valence-corrected chi connectivity index (χ3v) is 7.26. The summed E-state index contributed by atoms with van der Waals surface area (Å²) in [6.45, 7) is 2.27. The Kier molecular flexibility index (Phi) is 9.39. The van der Waals surface area contributed by atoms with Crippen LogP contribution in [0.15, 0.2) is 47.3 Å². The minimum Gasteiger partial charge on any atom is -0.481 e. The Labute approximate surface area is 243 Å². The largest absolute Gasteiger partial charge is 0.481 e. The zero-order valence-corrected chi connectivity index (χ0v) is 23.1. The van der Waals surface area contributed by atoms with Gasteiger partial charge in [-0.25, -0.2) is 9.37 Å². The van der Waals surface area contributed by atoms with Crippen molar-refractivity contribution in [3.05, 3.63) is 64.5 Å². The Morgan fingerprint density at radius 2 is 1.58 bits per heavy atom. The number of nitrogens with zero attached hydrogens (tertiary/aromatic N) is 2. The van der Waals surface area contributed by atoms with Crippen LogP contribution in [0.3, 0.4) is 0 Å². The van der Waals surface area contributed by atoms with E-state index in [1.54, 1.807) is 13.0 Å². The van der Waals surface area contributed by atoms with Crippen LogP contribution >= 0.6 is 0 Å². The number of halogens is 1. The molecular weight excluding hydrogens is 571 g/mol. The molecule has 0 radical (unpaired) electrons. The predicted octanol–water partition coefficient (Wildman–Crippen LogP) is 2.77. The highest BCUT2D eigenvalue weighted by molar-refractivity contribution is 5.78. The first-order valence-corrected chi connectivity index (χ1v) is 13.2. The van der Waals surface area contributed by atoms with Gasteiger partial charge in [0.05, 0.1) is 30.1 Å². The molecule has 1 aliphatic heterocycles. The van der Waals surface area contributed by atoms with E-state index in [9.17, 15) is 43.7 Å². The van der Waals surface area contributed by atoms with Crippen LogP contribution in [-0.4, -0.2) is 67.7 Å². The topological polar surface area (TPSA) is 192 Å². The number of aromatic nitrogens is 2. The first-order chi connectivity index (χ1) is 20.3. The molecule has 1 aliphatic rings. The molecule has 0 aliphatic carbocycles. The summed E-state index contributed by atoms with van der Waals surface area (Å²) < 4.78 is 32.8. The second-order valence-electron chi connectivity index (χ2n) is 10.2. The second kappa shape index (κ2) is 13.0. The number of carboxylic acids is 3. The van der Waals surface area contributed by atoms with E-state index in [1.165, 1.54) is 34.9 Å². The summed E-state index contributed by atoms with van der Waals surface area (Å²) in [5, 5.41) is 28.6. The number of ether oxygens (including phenoxy) is 3. The lowest BCUT2D eigenvalue weighted by atomic mass is 9.71. The zero-order chi connectivity index (χ0) is 31.4. The second-order valence-corrected chi connectivity index (χ2v) is 10.2. The van der Waals surface area contributed by atoms with Crippen molar-refractivity contribution in [3.8, 4) is 11.4 Å². The van der Waals surface area contributed by atoms with Crippen molar-refractivity contribution in [1.82, 2.24) is 9.55 Å². The first kappa shape index (κ1) is 31.1. The van der Waals surface area contributed by atoms with E-state index in [2.05, 4.69) is 4.98 Å². The van der Waals surface area contributed by atoms with Crippen molar-refractivity contribution >= 4 is 34.8 Å². The summed E-state index contributed by atoms with van der Waals surface area (Å²) >= 11 is 0. The summed E-state index contributed by atoms with van der Waals surface area (Å²) in [5.41, 5.74) is -0.252. The minimum atomic E-state index is -1.41. The van der Waals surface area contributed by atoms with Gasteiger partial charge in [0.15, 0.2) is 0 Å². The SMILES string of the molecule is CC(=O)OC[C@H]1O[C@@H](Oc2cccc(-n3c(C)nc4cccc(F)c4c3=O)c2)[C@@H](CC(=O)O)[C@H](CC(=O)O)[C@@H]1CC(=O)O. The van der Waals surface area contributed by atoms with Crippen molar-refractivity contribution in [2.75, 3.05) is 6.61 Å². The molecule has 2 aromatic carbocycles. The Balaban J connectivity index is 1.75. The minimum absolute atomic E-state index is 0.0785. The quantitative estimate of drug-likeness (QED) is 0.273. The summed E-state index contributed by atoms with van der Waals surface area (Å²) in [4.78, 5) is 64.5. The number of hydrogen-bond acceptors (Lipinski definition) is 9. The van der Waals surface area contributed by atoms with E-state index >= 15 is 0 Å². The van der Waals surface area contributed by atoms with Gasteiger partial charge in [0.25, 0.3) is 5.56 Å². The van der Waals surface area contributed by atoms with Crippen LogP contribution in [0.25, 0.3) is 16.6 Å². The molecule has 1 fully saturated rings. The third kappa shape index (κ3) is 7.15. The van der Waals surface area contributed by atoms with Crippen molar-refractivity contribution in [2.45, 2.75) is 45.5 Å². The number of fused-ring (bicyclic) bond motifs is 1. The van der Waals surface area contributed by atoms with Gasteiger partial charge >= 0.3 is 23.9 Å². The highest BCUT2D eigenvalue weighted by atomic mass is 19.1. The third-order valence-electron chi connectivity index (χ3n) is 7.26. The van der Waals surface area contributed by atoms with Gasteiger partial charge in [-0.1, -0.05) is 12.1 Å². The Hall–Kier alpha value is -4.85. The average Bonchev–Trinajstić information content (AvgIpc) is 2.90. The number of benzene rings is 2. The fourth-order valence-corrected chi connectivity index (χ4v) is 5.52. The number of esters is 1. The molecule has 0 bridgehead atoms. The van der Waals surface area contributed by atoms with E-state index in [1.807, 2.05) is 0 Å². The van der Waals surface area contributed by atoms with Gasteiger partial charge in [-0.3, -0.25) is 28.5 Å². The van der Waals surface area contributed by atoms with Gasteiger partial charge in [-0.15, -0.1) is 0 Å². The smallest absolute Gasteiger partial charge is 0.303 e. The van der Waals surface area contributed by atoms with Crippen LogP contribution < -0.4 is 10.3 Å². The average molecular weight is 601 g/mol. The zero-order valence-electron chi connectivity index (χ0n) is 23.1. The van der Waals surface area contributed by atoms with Crippen LogP contribution in [0.1, 0.15) is 32.0 Å². The standard InChI is InChI=1S/C29H29FN2O11/c1-14-31-22-8-4-7-21(30)27(22)28(40)32(14)16-5-3-6-17(9-16)42-29-20(12-26(38)39)18(10-24(34)35)19(11-25(36)37)23(43-29)13-41-15(2)33/h3-9,18-20,23,29H,10-13H2,1-2H3,(H,34,35)(H,36,37)(H,38,39)/t18-,19+,20+,23-,29-/m1/s1. The molecule has 3 N–H and O–H groups in total. The number of carbonyl (C=O) groups is 4. The van der Waals surface area contributed by atoms with Crippen molar-refractivity contribution in [2.24, 2.45) is 17.8 Å². The molecular formula is C29H29FN2O11. The fraction of sp³-hybridized carbons (Fsp3) is 0.379. The highest BCUT2D eigenvalue weighted by Crippen LogP contribution is 2.42. The van der Waals surface area contributed by atoms with E-state index < -0.39 is 91.3 Å². The highest BCUT2D eigenvalue weighted by Gasteiger charge is 2.49. The van der Waals surface area contributed by atoms with E-state index in [-0.39, 0.29) is 28.2 Å². The fourth-order valence-electron chi connectivity index (χ4n) is 5.52. The van der Waals surface area contributed by atoms with Crippen molar-refractivity contribution in [1.29, 1.82) is 0 Å². The van der Waals surface area contributed by atoms with Gasteiger partial charge < -0.3 is 29.5 Å². The van der Waals surface area contributed by atoms with Crippen LogP contribution in [0.2, 0.25) is 0 Å². The number of rotatable bonds is 11. The van der Waals surface area contributed by atoms with Crippen LogP contribution in [0.4, 0.5) is 4.39 Å². The summed E-state index contributed by atoms with van der Waals surface area (Å²) in [7, 11) is 0. The summed E-state index contributed by atoms with van der Waals surface area (Å²) in [6.07, 6.45) is -4.34. The van der Waals surface area contributed by atoms with Crippen molar-refractivity contribution < 1.29 is 53.1 Å². The summed E-state index contributed by atoms with van der Waals surface area (Å²) in [6, 6.07) is 10.1. The van der Waals surface area contributed by atoms with Crippen LogP contribution in [0.5, 0.6) is 5.75 Å². The monoisotopic (exact) mass is 600 g/mol. The van der Waals surface area contributed by atoms with Gasteiger partial charge in [-0.05, 0) is 37.1 Å². The predicted molar refractivity (Wildman–Crippen MR) is 145 cm³/mol. The van der Waals surface area contributed by atoms with Gasteiger partial charge in [0, 0.05) is 31.2 Å². The van der Waals surface area contributed by atoms with Crippen molar-refractivity contribution in [3.63, 3.8) is 0 Å². The molecule has 1 saturated heterocycles. The Bertz CT molecular complexity index is 1620. The normalized spacial score (nSPS) is 21.7. The number of carboxylic acid groups (broad SMARTS) is 3. The van der Waals surface area contributed by atoms with E-state index in [4.69, 9.17) is 14.2 Å². The molecule has 14 heteroatoms. The Morgan fingerprint density at radius 1 is 0.953 bits per heavy atom. The lowest BCUT2D eigenvalue weighted by molar-refractivity contribution is -0.237. The molecule has 13 nitrogen and oxygen atoms in total. The molecule has 228 valence electrons. The molecule has 5 atom stereocenters. The Morgan fingerprint density at radius 3 is 2.23 bits per heavy atom. The lowest BCUT2D eigenvalue weighted by Gasteiger charge is -2.45. The van der Waals surface area contributed by atoms with Crippen LogP contribution in [-0.2, 0) is 28.7 Å². The molecule has 0 unspecified atom stereocenters. The maximum atomic E-state index is 14.5. The van der Waals surface area contributed by atoms with E-state index in [0.29, 0.717) is 0 Å². The maximum absolute atomic E-state index is 14.5. The number of hydrogen-bond donors (Lipinski definition) is 3. The van der Waals surface area contributed by atoms with Gasteiger partial charge in [0.1, 0.15) is 29.4 Å².